The van der Waals surface area contributed by atoms with Crippen molar-refractivity contribution < 1.29 is 4.92 Å². The van der Waals surface area contributed by atoms with Gasteiger partial charge in [0.2, 0.25) is 5.82 Å². The molecule has 0 aliphatic heterocycles. The molecule has 1 N–H and O–H groups in total. The minimum atomic E-state index is -0.394. The van der Waals surface area contributed by atoms with Crippen molar-refractivity contribution in [1.82, 2.24) is 9.97 Å². The lowest BCUT2D eigenvalue weighted by Gasteiger charge is -2.09. The molecule has 1 fully saturated rings. The zero-order valence-electron chi connectivity index (χ0n) is 11.0. The molecule has 6 nitrogen and oxygen atoms in total. The first-order chi connectivity index (χ1) is 9.22. The third-order valence-corrected chi connectivity index (χ3v) is 4.46. The number of rotatable bonds is 6. The SMILES string of the molecule is CCNc1ncnc(SCC2CCCC2)c1[N+](=O)[O-]. The van der Waals surface area contributed by atoms with Crippen molar-refractivity contribution in [1.29, 1.82) is 0 Å². The number of hydrogen-bond donors (Lipinski definition) is 1. The number of nitrogens with one attached hydrogen (secondary N) is 1. The van der Waals surface area contributed by atoms with E-state index in [-0.39, 0.29) is 5.69 Å². The second kappa shape index (κ2) is 6.70. The van der Waals surface area contributed by atoms with E-state index in [1.165, 1.54) is 43.8 Å². The van der Waals surface area contributed by atoms with E-state index in [0.29, 0.717) is 23.3 Å². The Bertz CT molecular complexity index is 449. The smallest absolute Gasteiger partial charge is 0.343 e. The normalized spacial score (nSPS) is 15.6. The van der Waals surface area contributed by atoms with Crippen LogP contribution in [0.1, 0.15) is 32.6 Å². The first-order valence-electron chi connectivity index (χ1n) is 6.58. The number of aromatic nitrogens is 2. The van der Waals surface area contributed by atoms with Crippen molar-refractivity contribution >= 4 is 23.3 Å². The molecule has 0 aromatic carbocycles. The maximum Gasteiger partial charge on any atom is 0.343 e. The Hall–Kier alpha value is -1.37. The summed E-state index contributed by atoms with van der Waals surface area (Å²) in [7, 11) is 0. The van der Waals surface area contributed by atoms with E-state index in [0.717, 1.165) is 5.75 Å². The highest BCUT2D eigenvalue weighted by molar-refractivity contribution is 7.99. The molecule has 0 spiro atoms. The number of thioether (sulfide) groups is 1. The number of anilines is 1. The first-order valence-corrected chi connectivity index (χ1v) is 7.57. The Morgan fingerprint density at radius 1 is 1.47 bits per heavy atom. The molecule has 104 valence electrons. The highest BCUT2D eigenvalue weighted by Gasteiger charge is 2.24. The van der Waals surface area contributed by atoms with Crippen LogP contribution in [0, 0.1) is 16.0 Å². The lowest BCUT2D eigenvalue weighted by atomic mass is 10.1. The topological polar surface area (TPSA) is 81.0 Å². The van der Waals surface area contributed by atoms with E-state index >= 15 is 0 Å². The molecule has 1 aromatic rings. The molecule has 0 saturated heterocycles. The van der Waals surface area contributed by atoms with E-state index in [9.17, 15) is 10.1 Å². The quantitative estimate of drug-likeness (QED) is 0.374. The van der Waals surface area contributed by atoms with E-state index < -0.39 is 4.92 Å². The summed E-state index contributed by atoms with van der Waals surface area (Å²) in [6.07, 6.45) is 6.40. The Labute approximate surface area is 116 Å². The highest BCUT2D eigenvalue weighted by atomic mass is 32.2. The molecule has 0 atom stereocenters. The average Bonchev–Trinajstić information content (AvgIpc) is 2.89. The summed E-state index contributed by atoms with van der Waals surface area (Å²) in [5, 5.41) is 14.6. The van der Waals surface area contributed by atoms with Crippen molar-refractivity contribution in [2.75, 3.05) is 17.6 Å². The van der Waals surface area contributed by atoms with Crippen LogP contribution < -0.4 is 5.32 Å². The average molecular weight is 282 g/mol. The maximum absolute atomic E-state index is 11.2. The summed E-state index contributed by atoms with van der Waals surface area (Å²) in [6, 6.07) is 0. The molecular formula is C12H18N4O2S. The van der Waals surface area contributed by atoms with Crippen LogP contribution in [0.2, 0.25) is 0 Å². The summed E-state index contributed by atoms with van der Waals surface area (Å²) in [5.74, 6) is 1.89. The molecule has 0 radical (unpaired) electrons. The fourth-order valence-corrected chi connectivity index (χ4v) is 3.46. The van der Waals surface area contributed by atoms with Crippen molar-refractivity contribution in [2.45, 2.75) is 37.6 Å². The molecular weight excluding hydrogens is 264 g/mol. The molecule has 1 aliphatic carbocycles. The lowest BCUT2D eigenvalue weighted by molar-refractivity contribution is -0.387. The van der Waals surface area contributed by atoms with Crippen molar-refractivity contribution in [3.63, 3.8) is 0 Å². The van der Waals surface area contributed by atoms with Gasteiger partial charge in [0.15, 0.2) is 5.03 Å². The second-order valence-electron chi connectivity index (χ2n) is 4.62. The molecule has 1 heterocycles. The van der Waals surface area contributed by atoms with Crippen LogP contribution in [-0.4, -0.2) is 27.2 Å². The molecule has 1 aromatic heterocycles. The van der Waals surface area contributed by atoms with Gasteiger partial charge >= 0.3 is 5.69 Å². The molecule has 1 aliphatic rings. The van der Waals surface area contributed by atoms with Gasteiger partial charge in [-0.05, 0) is 25.7 Å². The number of nitrogens with zero attached hydrogens (tertiary/aromatic N) is 3. The van der Waals surface area contributed by atoms with Crippen molar-refractivity contribution in [3.8, 4) is 0 Å². The minimum Gasteiger partial charge on any atom is -0.364 e. The van der Waals surface area contributed by atoms with Crippen molar-refractivity contribution in [3.05, 3.63) is 16.4 Å². The van der Waals surface area contributed by atoms with Crippen LogP contribution in [0.3, 0.4) is 0 Å². The summed E-state index contributed by atoms with van der Waals surface area (Å²) in [5.41, 5.74) is 0.00680. The summed E-state index contributed by atoms with van der Waals surface area (Å²) >= 11 is 1.48. The van der Waals surface area contributed by atoms with Gasteiger partial charge in [0.05, 0.1) is 4.92 Å². The predicted molar refractivity (Wildman–Crippen MR) is 75.5 cm³/mol. The summed E-state index contributed by atoms with van der Waals surface area (Å²) in [4.78, 5) is 18.8. The standard InChI is InChI=1S/C12H18N4O2S/c1-2-13-11-10(16(17)18)12(15-8-14-11)19-7-9-5-3-4-6-9/h8-9H,2-7H2,1H3,(H,13,14,15). The van der Waals surface area contributed by atoms with Gasteiger partial charge < -0.3 is 5.32 Å². The van der Waals surface area contributed by atoms with Gasteiger partial charge in [-0.1, -0.05) is 24.6 Å². The Kier molecular flexibility index (Phi) is 4.95. The first kappa shape index (κ1) is 14.0. The Balaban J connectivity index is 2.13. The highest BCUT2D eigenvalue weighted by Crippen LogP contribution is 2.36. The van der Waals surface area contributed by atoms with Gasteiger partial charge in [0.1, 0.15) is 6.33 Å². The van der Waals surface area contributed by atoms with Crippen LogP contribution in [0.5, 0.6) is 0 Å². The van der Waals surface area contributed by atoms with Crippen LogP contribution >= 0.6 is 11.8 Å². The maximum atomic E-state index is 11.2. The largest absolute Gasteiger partial charge is 0.364 e. The van der Waals surface area contributed by atoms with Crippen molar-refractivity contribution in [2.24, 2.45) is 5.92 Å². The number of hydrogen-bond acceptors (Lipinski definition) is 6. The van der Waals surface area contributed by atoms with E-state index in [1.54, 1.807) is 0 Å². The van der Waals surface area contributed by atoms with Gasteiger partial charge in [-0.25, -0.2) is 9.97 Å². The van der Waals surface area contributed by atoms with E-state index in [1.807, 2.05) is 6.92 Å². The molecule has 0 unspecified atom stereocenters. The molecule has 0 bridgehead atoms. The Morgan fingerprint density at radius 2 is 2.21 bits per heavy atom. The van der Waals surface area contributed by atoms with Gasteiger partial charge in [-0.15, -0.1) is 0 Å². The molecule has 0 amide bonds. The monoisotopic (exact) mass is 282 g/mol. The molecule has 19 heavy (non-hydrogen) atoms. The van der Waals surface area contributed by atoms with Crippen LogP contribution in [-0.2, 0) is 0 Å². The summed E-state index contributed by atoms with van der Waals surface area (Å²) < 4.78 is 0. The summed E-state index contributed by atoms with van der Waals surface area (Å²) in [6.45, 7) is 2.49. The fraction of sp³-hybridized carbons (Fsp3) is 0.667. The zero-order chi connectivity index (χ0) is 13.7. The van der Waals surface area contributed by atoms with Crippen LogP contribution in [0.25, 0.3) is 0 Å². The molecule has 1 saturated carbocycles. The second-order valence-corrected chi connectivity index (χ2v) is 5.63. The number of nitro groups is 1. The van der Waals surface area contributed by atoms with Crippen LogP contribution in [0.15, 0.2) is 11.4 Å². The van der Waals surface area contributed by atoms with E-state index in [2.05, 4.69) is 15.3 Å². The molecule has 2 rings (SSSR count). The third kappa shape index (κ3) is 3.56. The van der Waals surface area contributed by atoms with Gasteiger partial charge in [-0.3, -0.25) is 10.1 Å². The third-order valence-electron chi connectivity index (χ3n) is 3.25. The predicted octanol–water partition coefficient (Wildman–Crippen LogP) is 3.10. The van der Waals surface area contributed by atoms with E-state index in [4.69, 9.17) is 0 Å². The lowest BCUT2D eigenvalue weighted by Crippen LogP contribution is -2.06. The zero-order valence-corrected chi connectivity index (χ0v) is 11.8. The van der Waals surface area contributed by atoms with Gasteiger partial charge in [-0.2, -0.15) is 0 Å². The van der Waals surface area contributed by atoms with Gasteiger partial charge in [0.25, 0.3) is 0 Å². The minimum absolute atomic E-state index is 0.00680. The van der Waals surface area contributed by atoms with Crippen LogP contribution in [0.4, 0.5) is 11.5 Å². The molecule has 7 heteroatoms. The Morgan fingerprint density at radius 3 is 2.84 bits per heavy atom. The fourth-order valence-electron chi connectivity index (χ4n) is 2.30. The van der Waals surface area contributed by atoms with Gasteiger partial charge in [0, 0.05) is 12.3 Å².